The minimum Gasteiger partial charge on any atom is -0.486 e. The summed E-state index contributed by atoms with van der Waals surface area (Å²) in [6.07, 6.45) is 3.88. The average molecular weight is 264 g/mol. The second kappa shape index (κ2) is 5.07. The highest BCUT2D eigenvalue weighted by molar-refractivity contribution is 5.92. The Morgan fingerprint density at radius 3 is 2.58 bits per heavy atom. The van der Waals surface area contributed by atoms with Crippen LogP contribution in [0.3, 0.4) is 0 Å². The van der Waals surface area contributed by atoms with Crippen LogP contribution in [0.4, 0.5) is 0 Å². The highest BCUT2D eigenvalue weighted by atomic mass is 16.5. The normalized spacial score (nSPS) is 14.9. The summed E-state index contributed by atoms with van der Waals surface area (Å²) in [6.45, 7) is 5.88. The van der Waals surface area contributed by atoms with Crippen LogP contribution in [0, 0.1) is 0 Å². The van der Waals surface area contributed by atoms with E-state index in [1.54, 1.807) is 19.3 Å². The van der Waals surface area contributed by atoms with Crippen LogP contribution in [-0.4, -0.2) is 29.6 Å². The van der Waals surface area contributed by atoms with Crippen molar-refractivity contribution in [2.75, 3.05) is 7.05 Å². The van der Waals surface area contributed by atoms with E-state index in [0.717, 1.165) is 12.8 Å². The predicted molar refractivity (Wildman–Crippen MR) is 71.7 cm³/mol. The number of ether oxygens (including phenoxy) is 2. The molecule has 19 heavy (non-hydrogen) atoms. The van der Waals surface area contributed by atoms with Crippen LogP contribution in [0.25, 0.3) is 0 Å². The van der Waals surface area contributed by atoms with E-state index in [1.807, 2.05) is 20.8 Å². The van der Waals surface area contributed by atoms with E-state index in [2.05, 4.69) is 10.3 Å². The Morgan fingerprint density at radius 1 is 1.37 bits per heavy atom. The van der Waals surface area contributed by atoms with Crippen molar-refractivity contribution in [3.63, 3.8) is 0 Å². The molecule has 0 spiro atoms. The minimum absolute atomic E-state index is 0.233. The van der Waals surface area contributed by atoms with Gasteiger partial charge < -0.3 is 14.8 Å². The van der Waals surface area contributed by atoms with Gasteiger partial charge in [-0.25, -0.2) is 4.98 Å². The van der Waals surface area contributed by atoms with Gasteiger partial charge in [-0.1, -0.05) is 0 Å². The Kier molecular flexibility index (Phi) is 3.64. The number of amides is 1. The first-order valence-electron chi connectivity index (χ1n) is 6.47. The first-order valence-corrected chi connectivity index (χ1v) is 6.47. The molecule has 1 aromatic rings. The van der Waals surface area contributed by atoms with E-state index in [1.165, 1.54) is 0 Å². The summed E-state index contributed by atoms with van der Waals surface area (Å²) in [5, 5.41) is 2.55. The largest absolute Gasteiger partial charge is 0.486 e. The Balaban J connectivity index is 2.27. The van der Waals surface area contributed by atoms with Crippen molar-refractivity contribution in [3.05, 3.63) is 18.0 Å². The molecular weight excluding hydrogens is 244 g/mol. The molecule has 1 aliphatic rings. The summed E-state index contributed by atoms with van der Waals surface area (Å²) in [5.74, 6) is 0.932. The third-order valence-corrected chi connectivity index (χ3v) is 2.53. The first kappa shape index (κ1) is 13.6. The zero-order valence-corrected chi connectivity index (χ0v) is 11.8. The van der Waals surface area contributed by atoms with Gasteiger partial charge in [0.05, 0.1) is 12.3 Å². The van der Waals surface area contributed by atoms with Gasteiger partial charge in [0, 0.05) is 13.1 Å². The molecule has 0 radical (unpaired) electrons. The number of hydrogen-bond donors (Lipinski definition) is 1. The van der Waals surface area contributed by atoms with Crippen molar-refractivity contribution in [2.45, 2.75) is 45.3 Å². The van der Waals surface area contributed by atoms with Crippen molar-refractivity contribution in [3.8, 4) is 11.5 Å². The smallest absolute Gasteiger partial charge is 0.269 e. The molecule has 1 amide bonds. The summed E-state index contributed by atoms with van der Waals surface area (Å²) < 4.78 is 11.6. The number of aromatic nitrogens is 1. The zero-order valence-electron chi connectivity index (χ0n) is 11.8. The maximum atomic E-state index is 11.6. The van der Waals surface area contributed by atoms with E-state index >= 15 is 0 Å². The number of rotatable bonds is 4. The van der Waals surface area contributed by atoms with Crippen LogP contribution in [0.1, 0.15) is 44.1 Å². The molecule has 0 bridgehead atoms. The number of nitrogens with one attached hydrogen (secondary N) is 1. The molecule has 5 heteroatoms. The first-order chi connectivity index (χ1) is 8.89. The van der Waals surface area contributed by atoms with Crippen molar-refractivity contribution in [1.29, 1.82) is 0 Å². The molecule has 104 valence electrons. The van der Waals surface area contributed by atoms with Gasteiger partial charge >= 0.3 is 0 Å². The number of carbonyl (C=O) groups excluding carboxylic acids is 1. The van der Waals surface area contributed by atoms with Crippen molar-refractivity contribution >= 4 is 5.91 Å². The number of pyridine rings is 1. The molecule has 1 aliphatic carbocycles. The molecule has 1 aromatic heterocycles. The quantitative estimate of drug-likeness (QED) is 0.905. The molecule has 1 fully saturated rings. The molecule has 0 unspecified atom stereocenters. The van der Waals surface area contributed by atoms with Gasteiger partial charge in [-0.2, -0.15) is 0 Å². The van der Waals surface area contributed by atoms with Gasteiger partial charge in [0.1, 0.15) is 11.3 Å². The van der Waals surface area contributed by atoms with E-state index in [0.29, 0.717) is 17.2 Å². The summed E-state index contributed by atoms with van der Waals surface area (Å²) in [7, 11) is 1.57. The lowest BCUT2D eigenvalue weighted by Crippen LogP contribution is -2.24. The zero-order chi connectivity index (χ0) is 14.0. The lowest BCUT2D eigenvalue weighted by atomic mass is 10.2. The van der Waals surface area contributed by atoms with Gasteiger partial charge in [0.15, 0.2) is 11.5 Å². The number of hydrogen-bond acceptors (Lipinski definition) is 4. The fourth-order valence-electron chi connectivity index (χ4n) is 1.54. The van der Waals surface area contributed by atoms with Crippen molar-refractivity contribution in [1.82, 2.24) is 10.3 Å². The van der Waals surface area contributed by atoms with Gasteiger partial charge in [0.2, 0.25) is 0 Å². The highest BCUT2D eigenvalue weighted by Crippen LogP contribution is 2.35. The number of nitrogens with zero attached hydrogens (tertiary/aromatic N) is 1. The summed E-state index contributed by atoms with van der Waals surface area (Å²) in [4.78, 5) is 15.7. The van der Waals surface area contributed by atoms with Crippen LogP contribution < -0.4 is 14.8 Å². The SMILES string of the molecule is CNC(=O)c1cc(OC2CC2)c(OC(C)(C)C)cn1. The maximum absolute atomic E-state index is 11.6. The standard InChI is InChI=1S/C14H20N2O3/c1-14(2,3)19-12-8-16-10(13(17)15-4)7-11(12)18-9-5-6-9/h7-9H,5-6H2,1-4H3,(H,15,17). The molecule has 1 N–H and O–H groups in total. The summed E-state index contributed by atoms with van der Waals surface area (Å²) in [6, 6.07) is 1.64. The second-order valence-corrected chi connectivity index (χ2v) is 5.63. The average Bonchev–Trinajstić information content (AvgIpc) is 3.12. The topological polar surface area (TPSA) is 60.5 Å². The number of carbonyl (C=O) groups is 1. The monoisotopic (exact) mass is 264 g/mol. The highest BCUT2D eigenvalue weighted by Gasteiger charge is 2.27. The van der Waals surface area contributed by atoms with E-state index in [-0.39, 0.29) is 17.6 Å². The van der Waals surface area contributed by atoms with Crippen LogP contribution in [-0.2, 0) is 0 Å². The Morgan fingerprint density at radius 2 is 2.05 bits per heavy atom. The van der Waals surface area contributed by atoms with Crippen LogP contribution in [0.2, 0.25) is 0 Å². The summed E-state index contributed by atoms with van der Waals surface area (Å²) in [5.41, 5.74) is -0.00266. The van der Waals surface area contributed by atoms with Gasteiger partial charge in [-0.3, -0.25) is 4.79 Å². The maximum Gasteiger partial charge on any atom is 0.269 e. The third-order valence-electron chi connectivity index (χ3n) is 2.53. The van der Waals surface area contributed by atoms with Crippen LogP contribution in [0.5, 0.6) is 11.5 Å². The summed E-state index contributed by atoms with van der Waals surface area (Å²) >= 11 is 0. The molecule has 2 rings (SSSR count). The molecule has 1 saturated carbocycles. The Bertz CT molecular complexity index is 476. The van der Waals surface area contributed by atoms with Crippen LogP contribution >= 0.6 is 0 Å². The predicted octanol–water partition coefficient (Wildman–Crippen LogP) is 2.16. The van der Waals surface area contributed by atoms with Crippen molar-refractivity contribution in [2.24, 2.45) is 0 Å². The fraction of sp³-hybridized carbons (Fsp3) is 0.571. The van der Waals surface area contributed by atoms with E-state index in [9.17, 15) is 4.79 Å². The molecule has 0 saturated heterocycles. The third kappa shape index (κ3) is 3.84. The Hall–Kier alpha value is -1.78. The minimum atomic E-state index is -0.335. The lowest BCUT2D eigenvalue weighted by Gasteiger charge is -2.23. The van der Waals surface area contributed by atoms with Gasteiger partial charge in [-0.15, -0.1) is 0 Å². The lowest BCUT2D eigenvalue weighted by molar-refractivity contribution is 0.0956. The van der Waals surface area contributed by atoms with E-state index < -0.39 is 0 Å². The molecular formula is C14H20N2O3. The van der Waals surface area contributed by atoms with E-state index in [4.69, 9.17) is 9.47 Å². The molecule has 0 aromatic carbocycles. The van der Waals surface area contributed by atoms with Gasteiger partial charge in [-0.05, 0) is 33.6 Å². The second-order valence-electron chi connectivity index (χ2n) is 5.63. The molecule has 5 nitrogen and oxygen atoms in total. The van der Waals surface area contributed by atoms with Gasteiger partial charge in [0.25, 0.3) is 5.91 Å². The Labute approximate surface area is 113 Å². The van der Waals surface area contributed by atoms with Crippen LogP contribution in [0.15, 0.2) is 12.3 Å². The fourth-order valence-corrected chi connectivity index (χ4v) is 1.54. The molecule has 0 aliphatic heterocycles. The van der Waals surface area contributed by atoms with Crippen molar-refractivity contribution < 1.29 is 14.3 Å². The molecule has 0 atom stereocenters. The molecule has 1 heterocycles.